The third-order valence-electron chi connectivity index (χ3n) is 2.14. The largest absolute Gasteiger partial charge is 0.467 e. The van der Waals surface area contributed by atoms with Crippen LogP contribution in [0.5, 0.6) is 0 Å². The second-order valence-corrected chi connectivity index (χ2v) is 3.31. The number of amides is 1. The van der Waals surface area contributed by atoms with Crippen LogP contribution in [0.1, 0.15) is 16.8 Å². The predicted octanol–water partition coefficient (Wildman–Crippen LogP) is 0.929. The van der Waals surface area contributed by atoms with Crippen LogP contribution in [0.15, 0.2) is 37.2 Å². The lowest BCUT2D eigenvalue weighted by Crippen LogP contribution is -2.41. The van der Waals surface area contributed by atoms with E-state index in [1.807, 2.05) is 0 Å². The van der Waals surface area contributed by atoms with E-state index in [1.54, 1.807) is 18.2 Å². The van der Waals surface area contributed by atoms with Crippen LogP contribution >= 0.6 is 0 Å². The van der Waals surface area contributed by atoms with Gasteiger partial charge in [-0.15, -0.1) is 6.58 Å². The molecule has 0 saturated carbocycles. The van der Waals surface area contributed by atoms with E-state index in [1.165, 1.54) is 19.5 Å². The van der Waals surface area contributed by atoms with Gasteiger partial charge in [0.25, 0.3) is 5.91 Å². The molecule has 0 aliphatic heterocycles. The number of pyridine rings is 1. The lowest BCUT2D eigenvalue weighted by molar-refractivity contribution is -0.142. The zero-order valence-corrected chi connectivity index (χ0v) is 9.55. The zero-order chi connectivity index (χ0) is 12.7. The molecule has 0 saturated heterocycles. The van der Waals surface area contributed by atoms with Gasteiger partial charge in [0.1, 0.15) is 6.04 Å². The molecule has 0 aliphatic rings. The van der Waals surface area contributed by atoms with Crippen LogP contribution in [0, 0.1) is 0 Å². The second kappa shape index (κ2) is 6.42. The molecular weight excluding hydrogens is 220 g/mol. The van der Waals surface area contributed by atoms with Gasteiger partial charge in [-0.1, -0.05) is 6.08 Å². The van der Waals surface area contributed by atoms with Crippen molar-refractivity contribution in [3.05, 3.63) is 42.7 Å². The molecule has 5 heteroatoms. The van der Waals surface area contributed by atoms with Gasteiger partial charge < -0.3 is 10.1 Å². The minimum atomic E-state index is -0.710. The molecule has 1 N–H and O–H groups in total. The van der Waals surface area contributed by atoms with Crippen LogP contribution < -0.4 is 5.32 Å². The molecule has 0 radical (unpaired) electrons. The summed E-state index contributed by atoms with van der Waals surface area (Å²) in [6.07, 6.45) is 4.89. The molecule has 0 spiro atoms. The number of hydrogen-bond acceptors (Lipinski definition) is 4. The number of carbonyl (C=O) groups excluding carboxylic acids is 2. The first-order valence-electron chi connectivity index (χ1n) is 5.08. The fourth-order valence-corrected chi connectivity index (χ4v) is 1.27. The van der Waals surface area contributed by atoms with Crippen LogP contribution in [-0.4, -0.2) is 30.0 Å². The van der Waals surface area contributed by atoms with Gasteiger partial charge >= 0.3 is 5.97 Å². The number of carbonyl (C=O) groups is 2. The molecule has 0 fully saturated rings. The predicted molar refractivity (Wildman–Crippen MR) is 62.3 cm³/mol. The summed E-state index contributed by atoms with van der Waals surface area (Å²) < 4.78 is 4.59. The van der Waals surface area contributed by atoms with Gasteiger partial charge in [0.15, 0.2) is 0 Å². The van der Waals surface area contributed by atoms with Gasteiger partial charge in [0.05, 0.1) is 7.11 Å². The van der Waals surface area contributed by atoms with Crippen LogP contribution in [0.4, 0.5) is 0 Å². The molecule has 0 bridgehead atoms. The number of nitrogens with zero attached hydrogens (tertiary/aromatic N) is 1. The summed E-state index contributed by atoms with van der Waals surface area (Å²) in [5, 5.41) is 2.57. The van der Waals surface area contributed by atoms with Crippen molar-refractivity contribution in [2.75, 3.05) is 7.11 Å². The minimum absolute atomic E-state index is 0.323. The fourth-order valence-electron chi connectivity index (χ4n) is 1.27. The second-order valence-electron chi connectivity index (χ2n) is 3.31. The number of ether oxygens (including phenoxy) is 1. The summed E-state index contributed by atoms with van der Waals surface area (Å²) in [5.74, 6) is -0.836. The Labute approximate surface area is 99.5 Å². The Morgan fingerprint density at radius 3 is 2.71 bits per heavy atom. The van der Waals surface area contributed by atoms with Gasteiger partial charge in [-0.3, -0.25) is 9.78 Å². The number of aromatic nitrogens is 1. The maximum absolute atomic E-state index is 11.8. The number of rotatable bonds is 5. The Morgan fingerprint density at radius 2 is 2.18 bits per heavy atom. The van der Waals surface area contributed by atoms with Crippen LogP contribution in [0.25, 0.3) is 0 Å². The average Bonchev–Trinajstić information content (AvgIpc) is 2.38. The normalized spacial score (nSPS) is 11.4. The maximum atomic E-state index is 11.8. The summed E-state index contributed by atoms with van der Waals surface area (Å²) in [5.41, 5.74) is 0.443. The van der Waals surface area contributed by atoms with Crippen LogP contribution in [-0.2, 0) is 9.53 Å². The Morgan fingerprint density at radius 1 is 1.53 bits per heavy atom. The monoisotopic (exact) mass is 234 g/mol. The van der Waals surface area contributed by atoms with Crippen molar-refractivity contribution < 1.29 is 14.3 Å². The lowest BCUT2D eigenvalue weighted by atomic mass is 10.2. The Balaban J connectivity index is 2.71. The first kappa shape index (κ1) is 12.9. The van der Waals surface area contributed by atoms with Gasteiger partial charge in [0, 0.05) is 18.0 Å². The maximum Gasteiger partial charge on any atom is 0.328 e. The van der Waals surface area contributed by atoms with Crippen molar-refractivity contribution in [2.24, 2.45) is 0 Å². The molecule has 0 aliphatic carbocycles. The third-order valence-corrected chi connectivity index (χ3v) is 2.14. The molecule has 0 aromatic carbocycles. The highest BCUT2D eigenvalue weighted by Crippen LogP contribution is 2.01. The van der Waals surface area contributed by atoms with Crippen molar-refractivity contribution in [1.82, 2.24) is 10.3 Å². The highest BCUT2D eigenvalue weighted by atomic mass is 16.5. The van der Waals surface area contributed by atoms with E-state index in [9.17, 15) is 9.59 Å². The molecule has 1 heterocycles. The van der Waals surface area contributed by atoms with Gasteiger partial charge in [0.2, 0.25) is 0 Å². The van der Waals surface area contributed by atoms with E-state index in [2.05, 4.69) is 21.6 Å². The number of hydrogen-bond donors (Lipinski definition) is 1. The number of esters is 1. The first-order valence-corrected chi connectivity index (χ1v) is 5.08. The lowest BCUT2D eigenvalue weighted by Gasteiger charge is -2.14. The first-order chi connectivity index (χ1) is 8.19. The van der Waals surface area contributed by atoms with Gasteiger partial charge in [-0.2, -0.15) is 0 Å². The number of nitrogens with one attached hydrogen (secondary N) is 1. The van der Waals surface area contributed by atoms with Crippen LogP contribution in [0.3, 0.4) is 0 Å². The Hall–Kier alpha value is -2.17. The number of methoxy groups -OCH3 is 1. The van der Waals surface area contributed by atoms with E-state index in [0.29, 0.717) is 12.0 Å². The Bertz CT molecular complexity index is 403. The third kappa shape index (κ3) is 3.71. The quantitative estimate of drug-likeness (QED) is 0.608. The van der Waals surface area contributed by atoms with E-state index < -0.39 is 12.0 Å². The molecule has 90 valence electrons. The van der Waals surface area contributed by atoms with Crippen LogP contribution in [0.2, 0.25) is 0 Å². The molecule has 1 atom stereocenters. The molecule has 1 rings (SSSR count). The van der Waals surface area contributed by atoms with E-state index in [-0.39, 0.29) is 5.91 Å². The smallest absolute Gasteiger partial charge is 0.328 e. The molecule has 1 amide bonds. The average molecular weight is 234 g/mol. The zero-order valence-electron chi connectivity index (χ0n) is 9.55. The summed E-state index contributed by atoms with van der Waals surface area (Å²) in [7, 11) is 1.27. The van der Waals surface area contributed by atoms with Crippen molar-refractivity contribution in [1.29, 1.82) is 0 Å². The van der Waals surface area contributed by atoms with E-state index >= 15 is 0 Å². The van der Waals surface area contributed by atoms with Gasteiger partial charge in [-0.25, -0.2) is 4.79 Å². The Kier molecular flexibility index (Phi) is 4.87. The summed E-state index contributed by atoms with van der Waals surface area (Å²) >= 11 is 0. The topological polar surface area (TPSA) is 68.3 Å². The fraction of sp³-hybridized carbons (Fsp3) is 0.250. The molecule has 1 aromatic heterocycles. The highest BCUT2D eigenvalue weighted by molar-refractivity contribution is 5.96. The van der Waals surface area contributed by atoms with Crippen molar-refractivity contribution in [3.63, 3.8) is 0 Å². The molecule has 17 heavy (non-hydrogen) atoms. The molecular formula is C12H14N2O3. The minimum Gasteiger partial charge on any atom is -0.467 e. The molecule has 0 unspecified atom stereocenters. The summed E-state index contributed by atoms with van der Waals surface area (Å²) in [6, 6.07) is 2.42. The van der Waals surface area contributed by atoms with E-state index in [4.69, 9.17) is 0 Å². The van der Waals surface area contributed by atoms with Gasteiger partial charge in [-0.05, 0) is 18.6 Å². The van der Waals surface area contributed by atoms with Crippen molar-refractivity contribution in [2.45, 2.75) is 12.5 Å². The molecule has 5 nitrogen and oxygen atoms in total. The van der Waals surface area contributed by atoms with E-state index in [0.717, 1.165) is 0 Å². The summed E-state index contributed by atoms with van der Waals surface area (Å²) in [6.45, 7) is 3.53. The molecule has 1 aromatic rings. The SMILES string of the molecule is C=CC[C@H](NC(=O)c1ccncc1)C(=O)OC. The standard InChI is InChI=1S/C12H14N2O3/c1-3-4-10(12(16)17-2)14-11(15)9-5-7-13-8-6-9/h3,5-8,10H,1,4H2,2H3,(H,14,15)/t10-/m0/s1. The summed E-state index contributed by atoms with van der Waals surface area (Å²) in [4.78, 5) is 26.9. The highest BCUT2D eigenvalue weighted by Gasteiger charge is 2.20. The van der Waals surface area contributed by atoms with Crippen molar-refractivity contribution in [3.8, 4) is 0 Å². The van der Waals surface area contributed by atoms with Crippen molar-refractivity contribution >= 4 is 11.9 Å².